The van der Waals surface area contributed by atoms with E-state index in [4.69, 9.17) is 0 Å². The van der Waals surface area contributed by atoms with Gasteiger partial charge in [-0.2, -0.15) is 0 Å². The molecule has 2 heterocycles. The second-order valence-corrected chi connectivity index (χ2v) is 4.61. The largest absolute Gasteiger partial charge is 0.373 e. The van der Waals surface area contributed by atoms with Crippen molar-refractivity contribution in [2.45, 2.75) is 6.42 Å². The van der Waals surface area contributed by atoms with Crippen molar-refractivity contribution in [3.63, 3.8) is 0 Å². The van der Waals surface area contributed by atoms with Crippen molar-refractivity contribution in [1.82, 2.24) is 4.98 Å². The molecule has 20 heavy (non-hydrogen) atoms. The van der Waals surface area contributed by atoms with Gasteiger partial charge in [0.25, 0.3) is 5.69 Å². The van der Waals surface area contributed by atoms with Crippen LogP contribution in [0.1, 0.15) is 5.56 Å². The maximum Gasteiger partial charge on any atom is 0.276 e. The Hall–Kier alpha value is -2.63. The monoisotopic (exact) mass is 270 g/mol. The Kier molecular flexibility index (Phi) is 2.98. The normalized spacial score (nSPS) is 13.2. The number of pyridine rings is 1. The summed E-state index contributed by atoms with van der Waals surface area (Å²) in [4.78, 5) is 17.1. The lowest BCUT2D eigenvalue weighted by molar-refractivity contribution is -0.384. The van der Waals surface area contributed by atoms with Crippen LogP contribution < -0.4 is 10.2 Å². The molecule has 1 aromatic heterocycles. The zero-order valence-corrected chi connectivity index (χ0v) is 11.0. The van der Waals surface area contributed by atoms with Gasteiger partial charge < -0.3 is 10.2 Å². The van der Waals surface area contributed by atoms with Crippen molar-refractivity contribution < 1.29 is 4.92 Å². The van der Waals surface area contributed by atoms with Gasteiger partial charge in [0.15, 0.2) is 0 Å². The molecule has 0 bridgehead atoms. The van der Waals surface area contributed by atoms with E-state index >= 15 is 0 Å². The summed E-state index contributed by atoms with van der Waals surface area (Å²) >= 11 is 0. The molecule has 0 unspecified atom stereocenters. The summed E-state index contributed by atoms with van der Waals surface area (Å²) in [6, 6.07) is 11.0. The van der Waals surface area contributed by atoms with E-state index in [-0.39, 0.29) is 5.69 Å². The number of nitrogens with zero attached hydrogens (tertiary/aromatic N) is 3. The van der Waals surface area contributed by atoms with E-state index in [1.807, 2.05) is 23.1 Å². The van der Waals surface area contributed by atoms with Gasteiger partial charge in [0.05, 0.1) is 17.1 Å². The zero-order valence-electron chi connectivity index (χ0n) is 11.0. The molecule has 2 aromatic rings. The van der Waals surface area contributed by atoms with Crippen molar-refractivity contribution in [1.29, 1.82) is 0 Å². The Labute approximate surface area is 116 Å². The van der Waals surface area contributed by atoms with Crippen LogP contribution in [0.4, 0.5) is 23.0 Å². The first-order valence-corrected chi connectivity index (χ1v) is 6.39. The van der Waals surface area contributed by atoms with Gasteiger partial charge in [0.2, 0.25) is 0 Å². The number of hydrogen-bond donors (Lipinski definition) is 1. The number of para-hydroxylation sites is 1. The minimum absolute atomic E-state index is 0.0451. The predicted molar refractivity (Wildman–Crippen MR) is 77.6 cm³/mol. The first kappa shape index (κ1) is 12.4. The van der Waals surface area contributed by atoms with E-state index < -0.39 is 4.92 Å². The molecule has 1 aliphatic rings. The van der Waals surface area contributed by atoms with E-state index in [9.17, 15) is 10.1 Å². The summed E-state index contributed by atoms with van der Waals surface area (Å²) in [5, 5.41) is 13.9. The van der Waals surface area contributed by atoms with Crippen molar-refractivity contribution in [3.8, 4) is 0 Å². The predicted octanol–water partition coefficient (Wildman–Crippen LogP) is 2.73. The topological polar surface area (TPSA) is 71.3 Å². The Morgan fingerprint density at radius 1 is 1.35 bits per heavy atom. The highest BCUT2D eigenvalue weighted by Gasteiger charge is 2.23. The molecule has 6 heteroatoms. The molecule has 1 aromatic carbocycles. The fourth-order valence-electron chi connectivity index (χ4n) is 2.45. The number of nitro groups is 1. The smallest absolute Gasteiger partial charge is 0.276 e. The fourth-order valence-corrected chi connectivity index (χ4v) is 2.45. The van der Waals surface area contributed by atoms with Crippen molar-refractivity contribution in [2.24, 2.45) is 0 Å². The Morgan fingerprint density at radius 3 is 2.90 bits per heavy atom. The molecule has 102 valence electrons. The second kappa shape index (κ2) is 4.80. The molecule has 0 saturated carbocycles. The van der Waals surface area contributed by atoms with Crippen LogP contribution in [0.5, 0.6) is 0 Å². The van der Waals surface area contributed by atoms with Gasteiger partial charge in [-0.25, -0.2) is 4.98 Å². The standard InChI is InChI=1S/C14H14N4O2/c1-15-13-8-11(18(19)20)9-14(16-13)17-7-6-10-4-2-3-5-12(10)17/h2-5,8-9H,6-7H2,1H3,(H,15,16). The highest BCUT2D eigenvalue weighted by atomic mass is 16.6. The first-order valence-electron chi connectivity index (χ1n) is 6.39. The van der Waals surface area contributed by atoms with Crippen molar-refractivity contribution >= 4 is 23.0 Å². The SMILES string of the molecule is CNc1cc([N+](=O)[O-])cc(N2CCc3ccccc32)n1. The molecular weight excluding hydrogens is 256 g/mol. The lowest BCUT2D eigenvalue weighted by Crippen LogP contribution is -2.15. The fraction of sp³-hybridized carbons (Fsp3) is 0.214. The molecule has 0 amide bonds. The van der Waals surface area contributed by atoms with E-state index in [1.165, 1.54) is 17.7 Å². The highest BCUT2D eigenvalue weighted by molar-refractivity contribution is 5.70. The summed E-state index contributed by atoms with van der Waals surface area (Å²) in [5.74, 6) is 1.10. The third kappa shape index (κ3) is 2.05. The first-order chi connectivity index (χ1) is 9.69. The van der Waals surface area contributed by atoms with Crippen LogP contribution in [-0.2, 0) is 6.42 Å². The van der Waals surface area contributed by atoms with Gasteiger partial charge in [-0.15, -0.1) is 0 Å². The molecule has 0 radical (unpaired) electrons. The van der Waals surface area contributed by atoms with Crippen LogP contribution in [-0.4, -0.2) is 23.5 Å². The molecule has 3 rings (SSSR count). The zero-order chi connectivity index (χ0) is 14.1. The Balaban J connectivity index is 2.07. The molecule has 0 aliphatic carbocycles. The summed E-state index contributed by atoms with van der Waals surface area (Å²) in [6.07, 6.45) is 0.926. The molecule has 0 saturated heterocycles. The molecule has 1 aliphatic heterocycles. The van der Waals surface area contributed by atoms with Gasteiger partial charge in [-0.3, -0.25) is 10.1 Å². The minimum atomic E-state index is -0.395. The average molecular weight is 270 g/mol. The molecule has 1 N–H and O–H groups in total. The maximum absolute atomic E-state index is 11.0. The summed E-state index contributed by atoms with van der Waals surface area (Å²) in [6.45, 7) is 0.788. The van der Waals surface area contributed by atoms with Gasteiger partial charge in [-0.05, 0) is 18.1 Å². The second-order valence-electron chi connectivity index (χ2n) is 4.61. The Morgan fingerprint density at radius 2 is 2.15 bits per heavy atom. The number of fused-ring (bicyclic) bond motifs is 1. The summed E-state index contributed by atoms with van der Waals surface area (Å²) < 4.78 is 0. The number of benzene rings is 1. The van der Waals surface area contributed by atoms with E-state index in [0.717, 1.165) is 18.7 Å². The van der Waals surface area contributed by atoms with E-state index in [1.54, 1.807) is 7.05 Å². The number of aromatic nitrogens is 1. The molecule has 0 atom stereocenters. The lowest BCUT2D eigenvalue weighted by Gasteiger charge is -2.18. The van der Waals surface area contributed by atoms with Crippen molar-refractivity contribution in [2.75, 3.05) is 23.8 Å². The summed E-state index contributed by atoms with van der Waals surface area (Å²) in [5.41, 5.74) is 2.36. The number of hydrogen-bond acceptors (Lipinski definition) is 5. The maximum atomic E-state index is 11.0. The molecule has 6 nitrogen and oxygen atoms in total. The van der Waals surface area contributed by atoms with Gasteiger partial charge in [-0.1, -0.05) is 18.2 Å². The molecule has 0 fully saturated rings. The molecular formula is C14H14N4O2. The minimum Gasteiger partial charge on any atom is -0.373 e. The number of rotatable bonds is 3. The van der Waals surface area contributed by atoms with E-state index in [0.29, 0.717) is 11.6 Å². The Bertz CT molecular complexity index is 672. The summed E-state index contributed by atoms with van der Waals surface area (Å²) in [7, 11) is 1.70. The van der Waals surface area contributed by atoms with Gasteiger partial charge >= 0.3 is 0 Å². The number of nitrogens with one attached hydrogen (secondary N) is 1. The highest BCUT2D eigenvalue weighted by Crippen LogP contribution is 2.35. The van der Waals surface area contributed by atoms with Crippen LogP contribution in [0.15, 0.2) is 36.4 Å². The van der Waals surface area contributed by atoms with Crippen LogP contribution >= 0.6 is 0 Å². The number of anilines is 3. The van der Waals surface area contributed by atoms with Gasteiger partial charge in [0, 0.05) is 19.3 Å². The van der Waals surface area contributed by atoms with Crippen LogP contribution in [0.2, 0.25) is 0 Å². The van der Waals surface area contributed by atoms with Crippen molar-refractivity contribution in [3.05, 3.63) is 52.1 Å². The quantitative estimate of drug-likeness (QED) is 0.686. The van der Waals surface area contributed by atoms with Crippen LogP contribution in [0, 0.1) is 10.1 Å². The average Bonchev–Trinajstić information content (AvgIpc) is 2.90. The van der Waals surface area contributed by atoms with Crippen LogP contribution in [0.25, 0.3) is 0 Å². The van der Waals surface area contributed by atoms with Gasteiger partial charge in [0.1, 0.15) is 11.6 Å². The lowest BCUT2D eigenvalue weighted by atomic mass is 10.2. The molecule has 0 spiro atoms. The van der Waals surface area contributed by atoms with E-state index in [2.05, 4.69) is 16.4 Å². The van der Waals surface area contributed by atoms with Crippen LogP contribution in [0.3, 0.4) is 0 Å². The third-order valence-electron chi connectivity index (χ3n) is 3.43. The third-order valence-corrected chi connectivity index (χ3v) is 3.43.